The smallest absolute Gasteiger partial charge is 0.308 e. The van der Waals surface area contributed by atoms with E-state index in [0.29, 0.717) is 0 Å². The van der Waals surface area contributed by atoms with Crippen LogP contribution in [-0.2, 0) is 16.1 Å². The summed E-state index contributed by atoms with van der Waals surface area (Å²) in [6.45, 7) is 7.65. The highest BCUT2D eigenvalue weighted by molar-refractivity contribution is 5.69. The maximum absolute atomic E-state index is 12.0. The van der Waals surface area contributed by atoms with Crippen LogP contribution in [0.15, 0.2) is 17.1 Å². The normalized spacial score (nSPS) is 15.3. The van der Waals surface area contributed by atoms with Gasteiger partial charge in [-0.3, -0.25) is 9.59 Å². The third kappa shape index (κ3) is 4.58. The number of carbonyl (C=O) groups is 1. The molecule has 0 aliphatic carbocycles. The van der Waals surface area contributed by atoms with Gasteiger partial charge in [-0.2, -0.15) is 5.10 Å². The fourth-order valence-corrected chi connectivity index (χ4v) is 2.33. The lowest BCUT2D eigenvalue weighted by atomic mass is 10.2. The molecule has 1 saturated heterocycles. The molecule has 6 nitrogen and oxygen atoms in total. The van der Waals surface area contributed by atoms with Crippen molar-refractivity contribution in [2.75, 3.05) is 18.0 Å². The molecule has 0 radical (unpaired) electrons. The number of hydrogen-bond donors (Lipinski definition) is 0. The number of anilines is 1. The Morgan fingerprint density at radius 1 is 1.33 bits per heavy atom. The van der Waals surface area contributed by atoms with Crippen LogP contribution in [0.2, 0.25) is 0 Å². The van der Waals surface area contributed by atoms with E-state index in [1.807, 2.05) is 20.8 Å². The van der Waals surface area contributed by atoms with Gasteiger partial charge in [-0.05, 0) is 33.6 Å². The predicted molar refractivity (Wildman–Crippen MR) is 80.4 cm³/mol. The second kappa shape index (κ2) is 6.28. The molecular formula is C15H23N3O3. The molecule has 1 aliphatic heterocycles. The Hall–Kier alpha value is -1.85. The second-order valence-electron chi connectivity index (χ2n) is 6.31. The van der Waals surface area contributed by atoms with Crippen LogP contribution in [0.1, 0.15) is 40.0 Å². The van der Waals surface area contributed by atoms with Gasteiger partial charge < -0.3 is 9.64 Å². The van der Waals surface area contributed by atoms with Crippen LogP contribution in [0, 0.1) is 0 Å². The Bertz CT molecular complexity index is 554. The summed E-state index contributed by atoms with van der Waals surface area (Å²) in [6.07, 6.45) is 4.15. The van der Waals surface area contributed by atoms with Crippen molar-refractivity contribution >= 4 is 11.7 Å². The first kappa shape index (κ1) is 15.5. The molecule has 0 N–H and O–H groups in total. The molecule has 2 heterocycles. The average molecular weight is 293 g/mol. The molecule has 21 heavy (non-hydrogen) atoms. The number of ether oxygens (including phenoxy) is 1. The van der Waals surface area contributed by atoms with Crippen molar-refractivity contribution in [3.8, 4) is 0 Å². The summed E-state index contributed by atoms with van der Waals surface area (Å²) in [5, 5.41) is 4.15. The Kier molecular flexibility index (Phi) is 4.65. The van der Waals surface area contributed by atoms with Crippen molar-refractivity contribution in [1.29, 1.82) is 0 Å². The number of rotatable bonds is 4. The molecular weight excluding hydrogens is 270 g/mol. The van der Waals surface area contributed by atoms with Gasteiger partial charge in [0.2, 0.25) is 0 Å². The zero-order chi connectivity index (χ0) is 15.5. The minimum absolute atomic E-state index is 0.146. The molecule has 0 spiro atoms. The largest absolute Gasteiger partial charge is 0.460 e. The highest BCUT2D eigenvalue weighted by Crippen LogP contribution is 2.16. The third-order valence-corrected chi connectivity index (χ3v) is 3.27. The second-order valence-corrected chi connectivity index (χ2v) is 6.31. The quantitative estimate of drug-likeness (QED) is 0.789. The van der Waals surface area contributed by atoms with Gasteiger partial charge in [-0.1, -0.05) is 0 Å². The van der Waals surface area contributed by atoms with Crippen LogP contribution in [0.5, 0.6) is 0 Å². The highest BCUT2D eigenvalue weighted by atomic mass is 16.6. The first-order valence-electron chi connectivity index (χ1n) is 7.39. The Labute approximate surface area is 124 Å². The molecule has 6 heteroatoms. The molecule has 1 fully saturated rings. The van der Waals surface area contributed by atoms with Crippen molar-refractivity contribution < 1.29 is 9.53 Å². The molecule has 116 valence electrons. The molecule has 0 aromatic carbocycles. The molecule has 0 unspecified atom stereocenters. The standard InChI is InChI=1S/C15H23N3O3/c1-15(2,3)21-14(20)6-9-18-13(19)10-12(11-16-18)17-7-4-5-8-17/h10-11H,4-9H2,1-3H3. The highest BCUT2D eigenvalue weighted by Gasteiger charge is 2.17. The van der Waals surface area contributed by atoms with Crippen molar-refractivity contribution in [3.63, 3.8) is 0 Å². The van der Waals surface area contributed by atoms with Crippen LogP contribution in [0.25, 0.3) is 0 Å². The number of aryl methyl sites for hydroxylation is 1. The van der Waals surface area contributed by atoms with E-state index in [1.165, 1.54) is 4.68 Å². The van der Waals surface area contributed by atoms with Gasteiger partial charge in [-0.15, -0.1) is 0 Å². The zero-order valence-electron chi connectivity index (χ0n) is 13.0. The van der Waals surface area contributed by atoms with Gasteiger partial charge >= 0.3 is 5.97 Å². The summed E-state index contributed by atoms with van der Waals surface area (Å²) in [6, 6.07) is 1.59. The number of carbonyl (C=O) groups excluding carboxylic acids is 1. The minimum Gasteiger partial charge on any atom is -0.460 e. The molecule has 0 atom stereocenters. The zero-order valence-corrected chi connectivity index (χ0v) is 13.0. The fraction of sp³-hybridized carbons (Fsp3) is 0.667. The third-order valence-electron chi connectivity index (χ3n) is 3.27. The maximum atomic E-state index is 12.0. The maximum Gasteiger partial charge on any atom is 0.308 e. The van der Waals surface area contributed by atoms with E-state index >= 15 is 0 Å². The van der Waals surface area contributed by atoms with E-state index in [1.54, 1.807) is 12.3 Å². The van der Waals surface area contributed by atoms with Crippen LogP contribution in [0.4, 0.5) is 5.69 Å². The van der Waals surface area contributed by atoms with Gasteiger partial charge in [0.15, 0.2) is 0 Å². The summed E-state index contributed by atoms with van der Waals surface area (Å²) in [5.41, 5.74) is 0.184. The van der Waals surface area contributed by atoms with E-state index < -0.39 is 5.60 Å². The van der Waals surface area contributed by atoms with E-state index in [0.717, 1.165) is 31.6 Å². The Balaban J connectivity index is 1.95. The predicted octanol–water partition coefficient (Wildman–Crippen LogP) is 1.58. The van der Waals surface area contributed by atoms with Gasteiger partial charge in [0.1, 0.15) is 5.60 Å². The summed E-state index contributed by atoms with van der Waals surface area (Å²) in [4.78, 5) is 25.8. The summed E-state index contributed by atoms with van der Waals surface area (Å²) < 4.78 is 6.52. The van der Waals surface area contributed by atoms with Crippen molar-refractivity contribution in [1.82, 2.24) is 9.78 Å². The van der Waals surface area contributed by atoms with Crippen LogP contribution < -0.4 is 10.5 Å². The lowest BCUT2D eigenvalue weighted by Crippen LogP contribution is -2.29. The monoisotopic (exact) mass is 293 g/mol. The molecule has 0 amide bonds. The van der Waals surface area contributed by atoms with Crippen molar-refractivity contribution in [3.05, 3.63) is 22.6 Å². The minimum atomic E-state index is -0.505. The Morgan fingerprint density at radius 3 is 2.57 bits per heavy atom. The van der Waals surface area contributed by atoms with Gasteiger partial charge in [0.25, 0.3) is 5.56 Å². The Morgan fingerprint density at radius 2 is 2.00 bits per heavy atom. The van der Waals surface area contributed by atoms with Gasteiger partial charge in [-0.25, -0.2) is 4.68 Å². The summed E-state index contributed by atoms with van der Waals surface area (Å²) in [7, 11) is 0. The van der Waals surface area contributed by atoms with Crippen LogP contribution >= 0.6 is 0 Å². The summed E-state index contributed by atoms with van der Waals surface area (Å²) in [5.74, 6) is -0.320. The first-order chi connectivity index (χ1) is 9.85. The lowest BCUT2D eigenvalue weighted by molar-refractivity contribution is -0.155. The van der Waals surface area contributed by atoms with E-state index in [4.69, 9.17) is 4.74 Å². The van der Waals surface area contributed by atoms with E-state index in [9.17, 15) is 9.59 Å². The van der Waals surface area contributed by atoms with Crippen LogP contribution in [0.3, 0.4) is 0 Å². The molecule has 1 aromatic heterocycles. The van der Waals surface area contributed by atoms with Crippen molar-refractivity contribution in [2.24, 2.45) is 0 Å². The van der Waals surface area contributed by atoms with E-state index in [-0.39, 0.29) is 24.5 Å². The lowest BCUT2D eigenvalue weighted by Gasteiger charge is -2.19. The fourth-order valence-electron chi connectivity index (χ4n) is 2.33. The average Bonchev–Trinajstić information content (AvgIpc) is 2.89. The van der Waals surface area contributed by atoms with E-state index in [2.05, 4.69) is 10.00 Å². The SMILES string of the molecule is CC(C)(C)OC(=O)CCn1ncc(N2CCCC2)cc1=O. The summed E-state index contributed by atoms with van der Waals surface area (Å²) >= 11 is 0. The first-order valence-corrected chi connectivity index (χ1v) is 7.39. The molecule has 0 bridgehead atoms. The number of aromatic nitrogens is 2. The molecule has 0 saturated carbocycles. The topological polar surface area (TPSA) is 64.4 Å². The molecule has 2 rings (SSSR count). The van der Waals surface area contributed by atoms with Crippen molar-refractivity contribution in [2.45, 2.75) is 52.2 Å². The van der Waals surface area contributed by atoms with Crippen LogP contribution in [-0.4, -0.2) is 34.4 Å². The van der Waals surface area contributed by atoms with Gasteiger partial charge in [0, 0.05) is 19.2 Å². The molecule has 1 aromatic rings. The number of nitrogens with zero attached hydrogens (tertiary/aromatic N) is 3. The molecule has 1 aliphatic rings. The number of esters is 1. The number of hydrogen-bond acceptors (Lipinski definition) is 5. The van der Waals surface area contributed by atoms with Gasteiger partial charge in [0.05, 0.1) is 24.8 Å².